The standard InChI is InChI=1S/C17H16ClN3O2/c1-11-6-7-12(8-13(11)18)19-17(23)9-21-15-5-3-2-4-14(15)20-16(21)10-22/h2-8,22H,9-10H2,1H3,(H,19,23). The van der Waals surface area contributed by atoms with E-state index in [1.54, 1.807) is 16.7 Å². The second-order valence-electron chi connectivity index (χ2n) is 5.27. The van der Waals surface area contributed by atoms with Crippen molar-refractivity contribution in [1.29, 1.82) is 0 Å². The van der Waals surface area contributed by atoms with E-state index in [9.17, 15) is 9.90 Å². The zero-order valence-electron chi connectivity index (χ0n) is 12.6. The van der Waals surface area contributed by atoms with Crippen LogP contribution in [0.2, 0.25) is 5.02 Å². The number of anilines is 1. The van der Waals surface area contributed by atoms with Crippen LogP contribution in [0.3, 0.4) is 0 Å². The van der Waals surface area contributed by atoms with Crippen LogP contribution >= 0.6 is 11.6 Å². The van der Waals surface area contributed by atoms with Crippen LogP contribution < -0.4 is 5.32 Å². The predicted molar refractivity (Wildman–Crippen MR) is 90.5 cm³/mol. The zero-order chi connectivity index (χ0) is 16.4. The van der Waals surface area contributed by atoms with Gasteiger partial charge in [-0.25, -0.2) is 4.98 Å². The number of nitrogens with one attached hydrogen (secondary N) is 1. The highest BCUT2D eigenvalue weighted by Crippen LogP contribution is 2.20. The van der Waals surface area contributed by atoms with Gasteiger partial charge < -0.3 is 15.0 Å². The number of carbonyl (C=O) groups is 1. The highest BCUT2D eigenvalue weighted by molar-refractivity contribution is 6.31. The third kappa shape index (κ3) is 3.21. The number of imidazole rings is 1. The minimum absolute atomic E-state index is 0.0713. The quantitative estimate of drug-likeness (QED) is 0.772. The Bertz CT molecular complexity index is 873. The summed E-state index contributed by atoms with van der Waals surface area (Å²) in [7, 11) is 0. The smallest absolute Gasteiger partial charge is 0.244 e. The first-order valence-electron chi connectivity index (χ1n) is 7.19. The Morgan fingerprint density at radius 2 is 2.09 bits per heavy atom. The lowest BCUT2D eigenvalue weighted by atomic mass is 10.2. The molecule has 0 saturated heterocycles. The van der Waals surface area contributed by atoms with E-state index in [1.807, 2.05) is 37.3 Å². The maximum Gasteiger partial charge on any atom is 0.244 e. The van der Waals surface area contributed by atoms with Crippen LogP contribution in [0, 0.1) is 6.92 Å². The van der Waals surface area contributed by atoms with Gasteiger partial charge in [0.05, 0.1) is 11.0 Å². The first kappa shape index (κ1) is 15.5. The highest BCUT2D eigenvalue weighted by atomic mass is 35.5. The minimum Gasteiger partial charge on any atom is -0.388 e. The van der Waals surface area contributed by atoms with Crippen molar-refractivity contribution >= 4 is 34.2 Å². The lowest BCUT2D eigenvalue weighted by Crippen LogP contribution is -2.20. The number of carbonyl (C=O) groups excluding carboxylic acids is 1. The molecule has 0 aliphatic carbocycles. The van der Waals surface area contributed by atoms with Gasteiger partial charge >= 0.3 is 0 Å². The molecule has 0 aliphatic rings. The van der Waals surface area contributed by atoms with Gasteiger partial charge in [0.2, 0.25) is 5.91 Å². The molecule has 0 radical (unpaired) electrons. The summed E-state index contributed by atoms with van der Waals surface area (Å²) in [6.45, 7) is 1.75. The molecule has 0 spiro atoms. The molecular formula is C17H16ClN3O2. The van der Waals surface area contributed by atoms with Crippen LogP contribution in [-0.4, -0.2) is 20.6 Å². The summed E-state index contributed by atoms with van der Waals surface area (Å²) in [5, 5.41) is 12.9. The van der Waals surface area contributed by atoms with Crippen molar-refractivity contribution in [2.75, 3.05) is 5.32 Å². The number of benzene rings is 2. The van der Waals surface area contributed by atoms with Gasteiger partial charge in [0.25, 0.3) is 0 Å². The lowest BCUT2D eigenvalue weighted by molar-refractivity contribution is -0.116. The fraction of sp³-hybridized carbons (Fsp3) is 0.176. The monoisotopic (exact) mass is 329 g/mol. The van der Waals surface area contributed by atoms with Gasteiger partial charge in [-0.2, -0.15) is 0 Å². The van der Waals surface area contributed by atoms with Crippen molar-refractivity contribution in [2.45, 2.75) is 20.1 Å². The first-order chi connectivity index (χ1) is 11.1. The fourth-order valence-electron chi connectivity index (χ4n) is 2.44. The van der Waals surface area contributed by atoms with Crippen molar-refractivity contribution in [3.63, 3.8) is 0 Å². The number of para-hydroxylation sites is 2. The van der Waals surface area contributed by atoms with Gasteiger partial charge in [0.15, 0.2) is 0 Å². The molecule has 0 aliphatic heterocycles. The molecule has 1 heterocycles. The van der Waals surface area contributed by atoms with Crippen LogP contribution in [0.4, 0.5) is 5.69 Å². The summed E-state index contributed by atoms with van der Waals surface area (Å²) in [6, 6.07) is 12.8. The van der Waals surface area contributed by atoms with Gasteiger partial charge in [-0.3, -0.25) is 4.79 Å². The minimum atomic E-state index is -0.224. The van der Waals surface area contributed by atoms with Crippen LogP contribution in [-0.2, 0) is 17.9 Å². The summed E-state index contributed by atoms with van der Waals surface area (Å²) in [6.07, 6.45) is 0. The Hall–Kier alpha value is -2.37. The summed E-state index contributed by atoms with van der Waals surface area (Å²) < 4.78 is 1.71. The number of fused-ring (bicyclic) bond motifs is 1. The first-order valence-corrected chi connectivity index (χ1v) is 7.57. The van der Waals surface area contributed by atoms with E-state index in [2.05, 4.69) is 10.3 Å². The highest BCUT2D eigenvalue weighted by Gasteiger charge is 2.13. The van der Waals surface area contributed by atoms with Gasteiger partial charge in [-0.1, -0.05) is 29.8 Å². The number of hydrogen-bond acceptors (Lipinski definition) is 3. The molecule has 6 heteroatoms. The van der Waals surface area contributed by atoms with E-state index in [0.29, 0.717) is 16.5 Å². The molecule has 1 amide bonds. The van der Waals surface area contributed by atoms with E-state index in [1.165, 1.54) is 0 Å². The van der Waals surface area contributed by atoms with Crippen LogP contribution in [0.5, 0.6) is 0 Å². The van der Waals surface area contributed by atoms with E-state index in [4.69, 9.17) is 11.6 Å². The lowest BCUT2D eigenvalue weighted by Gasteiger charge is -2.10. The average Bonchev–Trinajstić information content (AvgIpc) is 2.89. The Morgan fingerprint density at radius 3 is 2.83 bits per heavy atom. The van der Waals surface area contributed by atoms with Gasteiger partial charge in [-0.15, -0.1) is 0 Å². The fourth-order valence-corrected chi connectivity index (χ4v) is 2.62. The molecule has 0 atom stereocenters. The van der Waals surface area contributed by atoms with Gasteiger partial charge in [0, 0.05) is 10.7 Å². The third-order valence-electron chi connectivity index (χ3n) is 3.63. The number of nitrogens with zero attached hydrogens (tertiary/aromatic N) is 2. The third-order valence-corrected chi connectivity index (χ3v) is 4.04. The van der Waals surface area contributed by atoms with Crippen LogP contribution in [0.25, 0.3) is 11.0 Å². The normalized spacial score (nSPS) is 10.9. The largest absolute Gasteiger partial charge is 0.388 e. The Morgan fingerprint density at radius 1 is 1.30 bits per heavy atom. The molecule has 0 fully saturated rings. The molecule has 23 heavy (non-hydrogen) atoms. The molecule has 5 nitrogen and oxygen atoms in total. The van der Waals surface area contributed by atoms with E-state index in [0.717, 1.165) is 16.6 Å². The number of amides is 1. The van der Waals surface area contributed by atoms with Crippen molar-refractivity contribution in [2.24, 2.45) is 0 Å². The Labute approximate surface area is 138 Å². The summed E-state index contributed by atoms with van der Waals surface area (Å²) in [4.78, 5) is 16.6. The molecule has 2 N–H and O–H groups in total. The summed E-state index contributed by atoms with van der Waals surface area (Å²) >= 11 is 6.07. The van der Waals surface area contributed by atoms with E-state index in [-0.39, 0.29) is 19.1 Å². The molecule has 2 aromatic carbocycles. The maximum atomic E-state index is 12.3. The number of aliphatic hydroxyl groups excluding tert-OH is 1. The van der Waals surface area contributed by atoms with E-state index < -0.39 is 0 Å². The number of hydrogen-bond donors (Lipinski definition) is 2. The predicted octanol–water partition coefficient (Wildman–Crippen LogP) is 3.13. The van der Waals surface area contributed by atoms with Crippen LogP contribution in [0.15, 0.2) is 42.5 Å². The van der Waals surface area contributed by atoms with Crippen LogP contribution in [0.1, 0.15) is 11.4 Å². The molecule has 0 bridgehead atoms. The molecule has 118 valence electrons. The van der Waals surface area contributed by atoms with E-state index >= 15 is 0 Å². The number of halogens is 1. The topological polar surface area (TPSA) is 67.2 Å². The average molecular weight is 330 g/mol. The SMILES string of the molecule is Cc1ccc(NC(=O)Cn2c(CO)nc3ccccc32)cc1Cl. The Kier molecular flexibility index (Phi) is 4.32. The number of aliphatic hydroxyl groups is 1. The summed E-state index contributed by atoms with van der Waals surface area (Å²) in [5.41, 5.74) is 3.16. The molecule has 1 aromatic heterocycles. The number of rotatable bonds is 4. The zero-order valence-corrected chi connectivity index (χ0v) is 13.3. The number of aromatic nitrogens is 2. The van der Waals surface area contributed by atoms with Crippen molar-refractivity contribution in [1.82, 2.24) is 9.55 Å². The van der Waals surface area contributed by atoms with Gasteiger partial charge in [0.1, 0.15) is 19.0 Å². The van der Waals surface area contributed by atoms with Crippen molar-refractivity contribution in [3.05, 3.63) is 58.9 Å². The Balaban J connectivity index is 1.83. The molecule has 0 unspecified atom stereocenters. The number of aryl methyl sites for hydroxylation is 1. The molecule has 3 rings (SSSR count). The maximum absolute atomic E-state index is 12.3. The van der Waals surface area contributed by atoms with Crippen molar-refractivity contribution in [3.8, 4) is 0 Å². The van der Waals surface area contributed by atoms with Crippen molar-refractivity contribution < 1.29 is 9.90 Å². The molecule has 3 aromatic rings. The van der Waals surface area contributed by atoms with Gasteiger partial charge in [-0.05, 0) is 36.8 Å². The summed E-state index contributed by atoms with van der Waals surface area (Å²) in [5.74, 6) is 0.256. The second kappa shape index (κ2) is 6.40. The molecule has 0 saturated carbocycles. The second-order valence-corrected chi connectivity index (χ2v) is 5.68. The molecular weight excluding hydrogens is 314 g/mol.